The van der Waals surface area contributed by atoms with Crippen LogP contribution in [-0.2, 0) is 14.3 Å². The van der Waals surface area contributed by atoms with Gasteiger partial charge in [-0.2, -0.15) is 9.61 Å². The topological polar surface area (TPSA) is 98.4 Å². The largest absolute Gasteiger partial charge is 0.490 e. The SMILES string of the molecule is Cc1ccc2c(c1)-c1cccc(c1)-c1cc3nc(C)c([C@H](OC(C)(C)C)C(=O)O)c(n3n1)N1CCC(C)(CC1)OCCCCCC[C@H](C)O2. The standard InChI is InChI=1S/C40H52N4O5/c1-26-16-17-33-31(23-26)29-14-12-15-30(24-29)32-25-34-41-28(3)35(36(38(45)46)49-39(4,5)6)37(44(34)42-32)43-20-18-40(7,19-21-43)47-22-11-9-8-10-13-27(2)48-33/h12,14-17,23-25,27,36H,8-11,13,18-22H2,1-7H3,(H,45,46)/t27-,36-/m0/s1. The number of aliphatic carboxylic acids is 1. The lowest BCUT2D eigenvalue weighted by Gasteiger charge is -2.41. The molecule has 1 saturated heterocycles. The van der Waals surface area contributed by atoms with Gasteiger partial charge in [0.15, 0.2) is 11.8 Å². The zero-order valence-corrected chi connectivity index (χ0v) is 30.2. The molecule has 5 heterocycles. The molecule has 2 aromatic heterocycles. The predicted octanol–water partition coefficient (Wildman–Crippen LogP) is 8.73. The number of carboxylic acid groups (broad SMARTS) is 1. The number of aromatic nitrogens is 3. The Hall–Kier alpha value is -3.95. The fraction of sp³-hybridized carbons (Fsp3) is 0.525. The molecule has 1 fully saturated rings. The number of hydrogen-bond acceptors (Lipinski definition) is 7. The molecule has 1 N–H and O–H groups in total. The molecule has 9 heteroatoms. The van der Waals surface area contributed by atoms with E-state index >= 15 is 0 Å². The van der Waals surface area contributed by atoms with E-state index < -0.39 is 17.7 Å². The molecule has 49 heavy (non-hydrogen) atoms. The zero-order valence-electron chi connectivity index (χ0n) is 30.2. The molecule has 4 aromatic rings. The van der Waals surface area contributed by atoms with Crippen LogP contribution in [0.15, 0.2) is 48.5 Å². The summed E-state index contributed by atoms with van der Waals surface area (Å²) in [5.41, 5.74) is 5.83. The van der Waals surface area contributed by atoms with Crippen molar-refractivity contribution in [2.45, 2.75) is 117 Å². The second kappa shape index (κ2) is 14.1. The van der Waals surface area contributed by atoms with Crippen molar-refractivity contribution in [1.82, 2.24) is 14.6 Å². The molecule has 0 radical (unpaired) electrons. The van der Waals surface area contributed by atoms with Gasteiger partial charge in [-0.15, -0.1) is 0 Å². The van der Waals surface area contributed by atoms with Crippen molar-refractivity contribution in [3.8, 4) is 28.1 Å². The minimum Gasteiger partial charge on any atom is -0.490 e. The van der Waals surface area contributed by atoms with Gasteiger partial charge in [0.25, 0.3) is 0 Å². The number of piperidine rings is 1. The molecule has 3 aliphatic heterocycles. The van der Waals surface area contributed by atoms with E-state index in [1.165, 1.54) is 0 Å². The van der Waals surface area contributed by atoms with Crippen LogP contribution in [0.3, 0.4) is 0 Å². The van der Waals surface area contributed by atoms with E-state index in [2.05, 4.69) is 68.1 Å². The van der Waals surface area contributed by atoms with Gasteiger partial charge in [0.05, 0.1) is 28.6 Å². The van der Waals surface area contributed by atoms with Gasteiger partial charge in [-0.3, -0.25) is 0 Å². The Morgan fingerprint density at radius 1 is 1.02 bits per heavy atom. The highest BCUT2D eigenvalue weighted by atomic mass is 16.5. The lowest BCUT2D eigenvalue weighted by atomic mass is 9.92. The number of anilines is 1. The highest BCUT2D eigenvalue weighted by molar-refractivity contribution is 5.80. The van der Waals surface area contributed by atoms with Gasteiger partial charge in [-0.1, -0.05) is 42.7 Å². The van der Waals surface area contributed by atoms with E-state index in [1.807, 2.05) is 38.3 Å². The first-order chi connectivity index (χ1) is 23.3. The zero-order chi connectivity index (χ0) is 34.9. The molecular formula is C40H52N4O5. The molecule has 0 spiro atoms. The molecule has 3 aliphatic rings. The van der Waals surface area contributed by atoms with Gasteiger partial charge in [0, 0.05) is 42.6 Å². The van der Waals surface area contributed by atoms with E-state index in [-0.39, 0.29) is 11.7 Å². The van der Waals surface area contributed by atoms with Gasteiger partial charge in [0.2, 0.25) is 0 Å². The van der Waals surface area contributed by atoms with Crippen LogP contribution in [0.1, 0.15) is 102 Å². The number of ether oxygens (including phenoxy) is 3. The third-order valence-electron chi connectivity index (χ3n) is 9.77. The van der Waals surface area contributed by atoms with E-state index in [0.717, 1.165) is 85.2 Å². The molecule has 7 rings (SSSR count). The Balaban J connectivity index is 1.50. The second-order valence-electron chi connectivity index (χ2n) is 15.2. The number of benzene rings is 2. The summed E-state index contributed by atoms with van der Waals surface area (Å²) in [6, 6.07) is 16.7. The van der Waals surface area contributed by atoms with Crippen LogP contribution in [0.25, 0.3) is 28.0 Å². The molecular weight excluding hydrogens is 616 g/mol. The molecule has 0 amide bonds. The van der Waals surface area contributed by atoms with E-state index in [1.54, 1.807) is 0 Å². The first kappa shape index (κ1) is 34.9. The number of carboxylic acids is 1. The molecule has 0 saturated carbocycles. The van der Waals surface area contributed by atoms with Gasteiger partial charge >= 0.3 is 5.97 Å². The summed E-state index contributed by atoms with van der Waals surface area (Å²) in [5, 5.41) is 15.7. The molecule has 9 nitrogen and oxygen atoms in total. The Bertz CT molecular complexity index is 1800. The van der Waals surface area contributed by atoms with Crippen LogP contribution in [0.5, 0.6) is 5.75 Å². The number of fused-ring (bicyclic) bond motifs is 10. The van der Waals surface area contributed by atoms with Crippen molar-refractivity contribution >= 4 is 17.4 Å². The minimum atomic E-state index is -1.21. The fourth-order valence-electron chi connectivity index (χ4n) is 7.09. The number of aryl methyl sites for hydroxylation is 2. The lowest BCUT2D eigenvalue weighted by molar-refractivity contribution is -0.160. The van der Waals surface area contributed by atoms with Crippen molar-refractivity contribution in [3.05, 3.63) is 65.4 Å². The number of rotatable bonds is 3. The van der Waals surface area contributed by atoms with Crippen LogP contribution < -0.4 is 9.64 Å². The van der Waals surface area contributed by atoms with Gasteiger partial charge < -0.3 is 24.2 Å². The summed E-state index contributed by atoms with van der Waals surface area (Å²) in [4.78, 5) is 20.0. The maximum Gasteiger partial charge on any atom is 0.337 e. The third-order valence-corrected chi connectivity index (χ3v) is 9.77. The first-order valence-corrected chi connectivity index (χ1v) is 17.9. The fourth-order valence-corrected chi connectivity index (χ4v) is 7.09. The van der Waals surface area contributed by atoms with Gasteiger partial charge in [-0.25, -0.2) is 9.78 Å². The average molecular weight is 669 g/mol. The normalized spacial score (nSPS) is 21.4. The molecule has 2 aromatic carbocycles. The molecule has 262 valence electrons. The average Bonchev–Trinajstić information content (AvgIpc) is 3.47. The van der Waals surface area contributed by atoms with E-state index in [9.17, 15) is 9.90 Å². The summed E-state index contributed by atoms with van der Waals surface area (Å²) in [7, 11) is 0. The van der Waals surface area contributed by atoms with Gasteiger partial charge in [-0.05, 0) is 104 Å². The molecule has 0 aliphatic carbocycles. The lowest BCUT2D eigenvalue weighted by Crippen LogP contribution is -2.46. The summed E-state index contributed by atoms with van der Waals surface area (Å²) < 4.78 is 21.1. The smallest absolute Gasteiger partial charge is 0.337 e. The van der Waals surface area contributed by atoms with Crippen molar-refractivity contribution in [2.75, 3.05) is 24.6 Å². The highest BCUT2D eigenvalue weighted by Gasteiger charge is 2.38. The summed E-state index contributed by atoms with van der Waals surface area (Å²) in [6.07, 6.45) is 5.94. The number of carbonyl (C=O) groups is 1. The Kier molecular flexibility index (Phi) is 10.1. The summed E-state index contributed by atoms with van der Waals surface area (Å²) in [5.74, 6) is 0.541. The first-order valence-electron chi connectivity index (χ1n) is 17.9. The molecule has 0 unspecified atom stereocenters. The molecule has 2 atom stereocenters. The summed E-state index contributed by atoms with van der Waals surface area (Å²) >= 11 is 0. The Morgan fingerprint density at radius 2 is 1.76 bits per heavy atom. The van der Waals surface area contributed by atoms with Crippen molar-refractivity contribution in [1.29, 1.82) is 0 Å². The van der Waals surface area contributed by atoms with E-state index in [4.69, 9.17) is 24.3 Å². The Morgan fingerprint density at radius 3 is 2.49 bits per heavy atom. The molecule has 6 bridgehead atoms. The van der Waals surface area contributed by atoms with Crippen molar-refractivity contribution in [3.63, 3.8) is 0 Å². The van der Waals surface area contributed by atoms with Crippen LogP contribution in [0.4, 0.5) is 5.82 Å². The number of nitrogens with zero attached hydrogens (tertiary/aromatic N) is 4. The van der Waals surface area contributed by atoms with Crippen LogP contribution in [-0.4, -0.2) is 62.7 Å². The Labute approximate surface area is 290 Å². The third kappa shape index (κ3) is 7.94. The maximum absolute atomic E-state index is 12.9. The van der Waals surface area contributed by atoms with Crippen LogP contribution in [0, 0.1) is 13.8 Å². The van der Waals surface area contributed by atoms with Crippen molar-refractivity contribution < 1.29 is 24.1 Å². The second-order valence-corrected chi connectivity index (χ2v) is 15.2. The number of hydrogen-bond donors (Lipinski definition) is 1. The van der Waals surface area contributed by atoms with Crippen LogP contribution in [0.2, 0.25) is 0 Å². The highest BCUT2D eigenvalue weighted by Crippen LogP contribution is 2.39. The monoisotopic (exact) mass is 668 g/mol. The quantitative estimate of drug-likeness (QED) is 0.232. The maximum atomic E-state index is 12.9. The predicted molar refractivity (Wildman–Crippen MR) is 194 cm³/mol. The minimum absolute atomic E-state index is 0.0973. The van der Waals surface area contributed by atoms with Crippen LogP contribution >= 0.6 is 0 Å². The van der Waals surface area contributed by atoms with Crippen molar-refractivity contribution in [2.24, 2.45) is 0 Å². The van der Waals surface area contributed by atoms with Gasteiger partial charge in [0.1, 0.15) is 11.6 Å². The summed E-state index contributed by atoms with van der Waals surface area (Å²) in [6.45, 7) is 16.1. The van der Waals surface area contributed by atoms with E-state index in [0.29, 0.717) is 35.8 Å².